The lowest BCUT2D eigenvalue weighted by atomic mass is 9.72. The third-order valence-corrected chi connectivity index (χ3v) is 6.37. The van der Waals surface area contributed by atoms with Gasteiger partial charge in [-0.3, -0.25) is 0 Å². The molecule has 0 aliphatic heterocycles. The van der Waals surface area contributed by atoms with Crippen molar-refractivity contribution in [1.29, 1.82) is 0 Å². The summed E-state index contributed by atoms with van der Waals surface area (Å²) in [6.07, 6.45) is 6.10. The molecule has 0 fully saturated rings. The predicted octanol–water partition coefficient (Wildman–Crippen LogP) is 4.28. The van der Waals surface area contributed by atoms with Crippen LogP contribution in [0.3, 0.4) is 0 Å². The molecule has 28 heavy (non-hydrogen) atoms. The monoisotopic (exact) mass is 389 g/mol. The van der Waals surface area contributed by atoms with Crippen LogP contribution in [0.5, 0.6) is 0 Å². The Morgan fingerprint density at radius 2 is 1.36 bits per heavy atom. The molecule has 0 bridgehead atoms. The Balaban J connectivity index is 2.02. The first-order valence-corrected chi connectivity index (χ1v) is 10.6. The summed E-state index contributed by atoms with van der Waals surface area (Å²) in [4.78, 5) is 0.244. The number of aryl methyl sites for hydroxylation is 1. The lowest BCUT2D eigenvalue weighted by Gasteiger charge is -2.34. The first-order valence-electron chi connectivity index (χ1n) is 9.09. The zero-order chi connectivity index (χ0) is 20.0. The van der Waals surface area contributed by atoms with Crippen molar-refractivity contribution >= 4 is 10.0 Å². The maximum Gasteiger partial charge on any atom is 0.240 e. The Hall–Kier alpha value is -2.87. The molecule has 4 heteroatoms. The highest BCUT2D eigenvalue weighted by atomic mass is 32.2. The normalized spacial score (nSPS) is 11.7. The Labute approximate surface area is 167 Å². The van der Waals surface area contributed by atoms with E-state index in [0.717, 1.165) is 16.7 Å². The van der Waals surface area contributed by atoms with Crippen LogP contribution in [-0.2, 0) is 15.4 Å². The quantitative estimate of drug-likeness (QED) is 0.613. The van der Waals surface area contributed by atoms with Crippen LogP contribution in [0, 0.1) is 19.3 Å². The maximum atomic E-state index is 12.9. The van der Waals surface area contributed by atoms with E-state index in [9.17, 15) is 8.42 Å². The van der Waals surface area contributed by atoms with Crippen molar-refractivity contribution in [3.05, 3.63) is 102 Å². The molecular formula is C24H23NO2S. The van der Waals surface area contributed by atoms with E-state index >= 15 is 0 Å². The number of nitrogens with one attached hydrogen (secondary N) is 1. The Morgan fingerprint density at radius 1 is 0.857 bits per heavy atom. The van der Waals surface area contributed by atoms with Gasteiger partial charge in [-0.05, 0) is 30.2 Å². The van der Waals surface area contributed by atoms with Gasteiger partial charge in [-0.25, -0.2) is 13.1 Å². The molecule has 3 rings (SSSR count). The van der Waals surface area contributed by atoms with Crippen molar-refractivity contribution in [2.75, 3.05) is 6.54 Å². The van der Waals surface area contributed by atoms with Gasteiger partial charge in [0.15, 0.2) is 0 Å². The molecule has 0 saturated heterocycles. The summed E-state index contributed by atoms with van der Waals surface area (Å²) in [5.41, 5.74) is 2.31. The van der Waals surface area contributed by atoms with Gasteiger partial charge in [0, 0.05) is 18.4 Å². The molecule has 0 radical (unpaired) electrons. The second-order valence-corrected chi connectivity index (χ2v) is 8.60. The summed E-state index contributed by atoms with van der Waals surface area (Å²) >= 11 is 0. The van der Waals surface area contributed by atoms with Crippen LogP contribution in [0.4, 0.5) is 0 Å². The third-order valence-electron chi connectivity index (χ3n) is 4.95. The van der Waals surface area contributed by atoms with Gasteiger partial charge in [0.25, 0.3) is 0 Å². The van der Waals surface area contributed by atoms with Crippen LogP contribution < -0.4 is 4.72 Å². The van der Waals surface area contributed by atoms with Gasteiger partial charge in [-0.2, -0.15) is 0 Å². The Kier molecular flexibility index (Phi) is 5.99. The van der Waals surface area contributed by atoms with E-state index in [0.29, 0.717) is 6.42 Å². The molecule has 0 saturated carbocycles. The molecule has 0 aliphatic carbocycles. The fourth-order valence-corrected chi connectivity index (χ4v) is 4.44. The second kappa shape index (κ2) is 8.43. The number of benzene rings is 3. The van der Waals surface area contributed by atoms with Crippen LogP contribution in [0.15, 0.2) is 89.8 Å². The zero-order valence-corrected chi connectivity index (χ0v) is 16.6. The Morgan fingerprint density at radius 3 is 1.82 bits per heavy atom. The molecule has 0 unspecified atom stereocenters. The summed E-state index contributed by atoms with van der Waals surface area (Å²) in [5, 5.41) is 0. The first kappa shape index (κ1) is 19.9. The number of hydrogen-bond acceptors (Lipinski definition) is 2. The van der Waals surface area contributed by atoms with Gasteiger partial charge in [-0.1, -0.05) is 78.4 Å². The van der Waals surface area contributed by atoms with Crippen molar-refractivity contribution < 1.29 is 8.42 Å². The van der Waals surface area contributed by atoms with Crippen LogP contribution in [0.1, 0.15) is 23.1 Å². The van der Waals surface area contributed by atoms with E-state index < -0.39 is 15.4 Å². The summed E-state index contributed by atoms with van der Waals surface area (Å²) in [6, 6.07) is 26.4. The van der Waals surface area contributed by atoms with Gasteiger partial charge in [0.1, 0.15) is 0 Å². The van der Waals surface area contributed by atoms with Crippen LogP contribution in [-0.4, -0.2) is 15.0 Å². The molecule has 0 atom stereocenters. The topological polar surface area (TPSA) is 46.2 Å². The summed E-state index contributed by atoms with van der Waals surface area (Å²) in [5.74, 6) is 2.75. The molecule has 0 aromatic heterocycles. The van der Waals surface area contributed by atoms with Crippen LogP contribution >= 0.6 is 0 Å². The standard InChI is InChI=1S/C24H23NO2S/c1-3-18-24(21-10-6-4-7-11-21,22-12-8-5-9-13-22)19-25-28(26,27)23-16-14-20(2)15-17-23/h1,4-17,25H,18-19H2,2H3. The number of hydrogen-bond donors (Lipinski definition) is 1. The van der Waals surface area contributed by atoms with Gasteiger partial charge >= 0.3 is 0 Å². The fourth-order valence-electron chi connectivity index (χ4n) is 3.34. The molecule has 142 valence electrons. The van der Waals surface area contributed by atoms with Crippen LogP contribution in [0.25, 0.3) is 0 Å². The number of rotatable bonds is 7. The van der Waals surface area contributed by atoms with Crippen LogP contribution in [0.2, 0.25) is 0 Å². The minimum absolute atomic E-state index is 0.168. The van der Waals surface area contributed by atoms with Crippen molar-refractivity contribution in [3.8, 4) is 12.3 Å². The summed E-state index contributed by atoms with van der Waals surface area (Å²) < 4.78 is 28.6. The van der Waals surface area contributed by atoms with E-state index in [1.807, 2.05) is 67.6 Å². The summed E-state index contributed by atoms with van der Waals surface area (Å²) in [6.45, 7) is 2.09. The highest BCUT2D eigenvalue weighted by molar-refractivity contribution is 7.89. The molecular weight excluding hydrogens is 366 g/mol. The number of terminal acetylenes is 1. The zero-order valence-electron chi connectivity index (χ0n) is 15.8. The summed E-state index contributed by atoms with van der Waals surface area (Å²) in [7, 11) is -3.66. The smallest absolute Gasteiger partial charge is 0.210 e. The predicted molar refractivity (Wildman–Crippen MR) is 113 cm³/mol. The third kappa shape index (κ3) is 4.17. The largest absolute Gasteiger partial charge is 0.240 e. The minimum atomic E-state index is -3.66. The maximum absolute atomic E-state index is 12.9. The molecule has 3 aromatic carbocycles. The number of sulfonamides is 1. The minimum Gasteiger partial charge on any atom is -0.210 e. The average Bonchev–Trinajstić information content (AvgIpc) is 2.73. The second-order valence-electron chi connectivity index (χ2n) is 6.83. The van der Waals surface area contributed by atoms with E-state index in [4.69, 9.17) is 6.42 Å². The average molecular weight is 390 g/mol. The van der Waals surface area contributed by atoms with E-state index in [-0.39, 0.29) is 11.4 Å². The molecule has 0 heterocycles. The van der Waals surface area contributed by atoms with E-state index in [1.165, 1.54) is 0 Å². The van der Waals surface area contributed by atoms with Gasteiger partial charge < -0.3 is 0 Å². The van der Waals surface area contributed by atoms with Crippen molar-refractivity contribution in [1.82, 2.24) is 4.72 Å². The van der Waals surface area contributed by atoms with E-state index in [2.05, 4.69) is 10.6 Å². The fraction of sp³-hybridized carbons (Fsp3) is 0.167. The highest BCUT2D eigenvalue weighted by Gasteiger charge is 2.35. The highest BCUT2D eigenvalue weighted by Crippen LogP contribution is 2.35. The molecule has 3 nitrogen and oxygen atoms in total. The first-order chi connectivity index (χ1) is 13.5. The van der Waals surface area contributed by atoms with Gasteiger partial charge in [0.2, 0.25) is 10.0 Å². The molecule has 0 spiro atoms. The van der Waals surface area contributed by atoms with Gasteiger partial charge in [-0.15, -0.1) is 12.3 Å². The Bertz CT molecular complexity index is 1010. The lowest BCUT2D eigenvalue weighted by Crippen LogP contribution is -2.41. The van der Waals surface area contributed by atoms with Crippen molar-refractivity contribution in [2.24, 2.45) is 0 Å². The van der Waals surface area contributed by atoms with Gasteiger partial charge in [0.05, 0.1) is 4.90 Å². The molecule has 0 amide bonds. The van der Waals surface area contributed by atoms with E-state index in [1.54, 1.807) is 24.3 Å². The lowest BCUT2D eigenvalue weighted by molar-refractivity contribution is 0.504. The van der Waals surface area contributed by atoms with Crippen molar-refractivity contribution in [2.45, 2.75) is 23.7 Å². The van der Waals surface area contributed by atoms with Crippen molar-refractivity contribution in [3.63, 3.8) is 0 Å². The molecule has 3 aromatic rings. The SMILES string of the molecule is C#CCC(CNS(=O)(=O)c1ccc(C)cc1)(c1ccccc1)c1ccccc1. The molecule has 0 aliphatic rings. The molecule has 1 N–H and O–H groups in total.